The molecule has 1 aliphatic rings. The number of carbonyl (C=O) groups is 1. The number of halogens is 1. The van der Waals surface area contributed by atoms with Crippen LogP contribution in [0.3, 0.4) is 0 Å². The molecule has 1 fully saturated rings. The maximum Gasteiger partial charge on any atom is 0.255 e. The molecule has 132 valence electrons. The quantitative estimate of drug-likeness (QED) is 0.526. The van der Waals surface area contributed by atoms with Crippen LogP contribution in [0, 0.1) is 0 Å². The second-order valence-electron chi connectivity index (χ2n) is 6.03. The Morgan fingerprint density at radius 2 is 1.72 bits per heavy atom. The molecule has 0 aromatic heterocycles. The van der Waals surface area contributed by atoms with E-state index in [1.165, 1.54) is 14.7 Å². The summed E-state index contributed by atoms with van der Waals surface area (Å²) >= 11 is 1.88. The first-order valence-electron chi connectivity index (χ1n) is 8.15. The van der Waals surface area contributed by atoms with Gasteiger partial charge in [0.1, 0.15) is 0 Å². The van der Waals surface area contributed by atoms with E-state index in [0.717, 1.165) is 25.7 Å². The zero-order valence-electron chi connectivity index (χ0n) is 13.6. The Hall–Kier alpha value is -1.45. The van der Waals surface area contributed by atoms with Crippen molar-refractivity contribution in [2.24, 2.45) is 0 Å². The molecule has 0 radical (unpaired) electrons. The smallest absolute Gasteiger partial charge is 0.255 e. The SMILES string of the molecule is O=C(Nc1ccccc1)c1cccc(S(=O)(=O)N(I)C2CCCC2)c1. The molecule has 25 heavy (non-hydrogen) atoms. The number of amides is 1. The predicted octanol–water partition coefficient (Wildman–Crippen LogP) is 4.22. The molecular formula is C18H19IN2O3S. The third kappa shape index (κ3) is 4.21. The molecule has 0 atom stereocenters. The summed E-state index contributed by atoms with van der Waals surface area (Å²) in [4.78, 5) is 12.5. The van der Waals surface area contributed by atoms with Crippen LogP contribution >= 0.6 is 22.9 Å². The minimum absolute atomic E-state index is 0.0346. The van der Waals surface area contributed by atoms with Gasteiger partial charge in [0.05, 0.1) is 4.90 Å². The molecule has 1 N–H and O–H groups in total. The van der Waals surface area contributed by atoms with Crippen LogP contribution in [0.15, 0.2) is 59.5 Å². The molecule has 0 spiro atoms. The Kier molecular flexibility index (Phi) is 5.75. The zero-order chi connectivity index (χ0) is 17.9. The van der Waals surface area contributed by atoms with E-state index in [4.69, 9.17) is 0 Å². The number of anilines is 1. The van der Waals surface area contributed by atoms with Crippen molar-refractivity contribution in [2.75, 3.05) is 5.32 Å². The summed E-state index contributed by atoms with van der Waals surface area (Å²) in [6.07, 6.45) is 3.88. The molecule has 3 rings (SSSR count). The van der Waals surface area contributed by atoms with Gasteiger partial charge < -0.3 is 5.32 Å². The fourth-order valence-corrected chi connectivity index (χ4v) is 5.50. The van der Waals surface area contributed by atoms with Crippen LogP contribution in [-0.2, 0) is 10.0 Å². The highest BCUT2D eigenvalue weighted by atomic mass is 127. The summed E-state index contributed by atoms with van der Waals surface area (Å²) in [7, 11) is -3.61. The molecule has 0 heterocycles. The molecule has 7 heteroatoms. The molecule has 0 saturated heterocycles. The first-order chi connectivity index (χ1) is 12.0. The minimum Gasteiger partial charge on any atom is -0.322 e. The molecule has 0 bridgehead atoms. The van der Waals surface area contributed by atoms with Crippen LogP contribution in [0.1, 0.15) is 36.0 Å². The highest BCUT2D eigenvalue weighted by Crippen LogP contribution is 2.31. The van der Waals surface area contributed by atoms with Gasteiger partial charge in [0, 0.05) is 40.2 Å². The number of sulfonamides is 1. The highest BCUT2D eigenvalue weighted by molar-refractivity contribution is 14.1. The first kappa shape index (κ1) is 18.3. The molecule has 2 aromatic carbocycles. The van der Waals surface area contributed by atoms with Crippen LogP contribution in [0.4, 0.5) is 5.69 Å². The number of hydrogen-bond donors (Lipinski definition) is 1. The topological polar surface area (TPSA) is 66.5 Å². The summed E-state index contributed by atoms with van der Waals surface area (Å²) in [5, 5.41) is 2.77. The summed E-state index contributed by atoms with van der Waals surface area (Å²) in [5.74, 6) is -0.330. The summed E-state index contributed by atoms with van der Waals surface area (Å²) in [5.41, 5.74) is 0.989. The van der Waals surface area contributed by atoms with Crippen LogP contribution < -0.4 is 5.32 Å². The normalized spacial score (nSPS) is 15.4. The van der Waals surface area contributed by atoms with Crippen molar-refractivity contribution < 1.29 is 13.2 Å². The summed E-state index contributed by atoms with van der Waals surface area (Å²) < 4.78 is 27.1. The highest BCUT2D eigenvalue weighted by Gasteiger charge is 2.31. The van der Waals surface area contributed by atoms with E-state index in [1.54, 1.807) is 24.3 Å². The predicted molar refractivity (Wildman–Crippen MR) is 106 cm³/mol. The molecule has 1 saturated carbocycles. The number of hydrogen-bond acceptors (Lipinski definition) is 3. The standard InChI is InChI=1S/C18H19IN2O3S/c19-21(16-10-4-5-11-16)25(23,24)17-12-6-7-14(13-17)18(22)20-15-8-2-1-3-9-15/h1-3,6-9,12-13,16H,4-5,10-11H2,(H,20,22). The van der Waals surface area contributed by atoms with Gasteiger partial charge in [0.2, 0.25) is 0 Å². The van der Waals surface area contributed by atoms with Crippen molar-refractivity contribution >= 4 is 44.5 Å². The lowest BCUT2D eigenvalue weighted by molar-refractivity contribution is 0.102. The van der Waals surface area contributed by atoms with Crippen molar-refractivity contribution in [3.05, 3.63) is 60.2 Å². The largest absolute Gasteiger partial charge is 0.322 e. The van der Waals surface area contributed by atoms with Crippen molar-refractivity contribution in [3.8, 4) is 0 Å². The number of benzene rings is 2. The molecule has 0 aliphatic heterocycles. The average Bonchev–Trinajstić information content (AvgIpc) is 3.16. The van der Waals surface area contributed by atoms with Gasteiger partial charge in [-0.05, 0) is 43.2 Å². The lowest BCUT2D eigenvalue weighted by atomic mass is 10.2. The molecule has 5 nitrogen and oxygen atoms in total. The third-order valence-corrected chi connectivity index (χ3v) is 8.22. The maximum atomic E-state index is 12.8. The lowest BCUT2D eigenvalue weighted by Gasteiger charge is -2.21. The van der Waals surface area contributed by atoms with Crippen LogP contribution in [0.2, 0.25) is 0 Å². The van der Waals surface area contributed by atoms with E-state index < -0.39 is 10.0 Å². The number of rotatable bonds is 5. The fraction of sp³-hybridized carbons (Fsp3) is 0.278. The van der Waals surface area contributed by atoms with E-state index in [2.05, 4.69) is 5.32 Å². The van der Waals surface area contributed by atoms with Gasteiger partial charge in [0.15, 0.2) is 0 Å². The lowest BCUT2D eigenvalue weighted by Crippen LogP contribution is -2.30. The number of nitrogens with zero attached hydrogens (tertiary/aromatic N) is 1. The van der Waals surface area contributed by atoms with Crippen LogP contribution in [0.5, 0.6) is 0 Å². The van der Waals surface area contributed by atoms with Gasteiger partial charge in [-0.15, -0.1) is 2.52 Å². The van der Waals surface area contributed by atoms with Gasteiger partial charge >= 0.3 is 0 Å². The van der Waals surface area contributed by atoms with Gasteiger partial charge in [-0.1, -0.05) is 37.1 Å². The fourth-order valence-electron chi connectivity index (χ4n) is 2.93. The van der Waals surface area contributed by atoms with E-state index in [1.807, 2.05) is 41.1 Å². The Bertz CT molecular complexity index is 850. The van der Waals surface area contributed by atoms with Gasteiger partial charge in [-0.3, -0.25) is 4.79 Å². The summed E-state index contributed by atoms with van der Waals surface area (Å²) in [6, 6.07) is 15.3. The second-order valence-corrected chi connectivity index (χ2v) is 9.54. The monoisotopic (exact) mass is 470 g/mol. The maximum absolute atomic E-state index is 12.8. The molecule has 2 aromatic rings. The van der Waals surface area contributed by atoms with Crippen molar-refractivity contribution in [2.45, 2.75) is 36.6 Å². The average molecular weight is 470 g/mol. The Balaban J connectivity index is 1.82. The molecule has 1 amide bonds. The van der Waals surface area contributed by atoms with E-state index >= 15 is 0 Å². The third-order valence-electron chi connectivity index (χ3n) is 4.27. The van der Waals surface area contributed by atoms with Crippen LogP contribution in [-0.4, -0.2) is 22.9 Å². The Labute approximate surface area is 162 Å². The molecule has 0 unspecified atom stereocenters. The Morgan fingerprint density at radius 1 is 1.04 bits per heavy atom. The minimum atomic E-state index is -3.61. The van der Waals surface area contributed by atoms with Crippen molar-refractivity contribution in [1.82, 2.24) is 2.52 Å². The number of para-hydroxylation sites is 1. The Morgan fingerprint density at radius 3 is 2.40 bits per heavy atom. The van der Waals surface area contributed by atoms with Crippen molar-refractivity contribution in [3.63, 3.8) is 0 Å². The summed E-state index contributed by atoms with van der Waals surface area (Å²) in [6.45, 7) is 0. The van der Waals surface area contributed by atoms with E-state index in [0.29, 0.717) is 11.3 Å². The molecule has 1 aliphatic carbocycles. The van der Waals surface area contributed by atoms with Gasteiger partial charge in [-0.2, -0.15) is 0 Å². The second kappa shape index (κ2) is 7.84. The van der Waals surface area contributed by atoms with Crippen LogP contribution in [0.25, 0.3) is 0 Å². The van der Waals surface area contributed by atoms with Gasteiger partial charge in [0.25, 0.3) is 15.9 Å². The van der Waals surface area contributed by atoms with E-state index in [9.17, 15) is 13.2 Å². The first-order valence-corrected chi connectivity index (χ1v) is 10.6. The molecular weight excluding hydrogens is 451 g/mol. The van der Waals surface area contributed by atoms with E-state index in [-0.39, 0.29) is 16.8 Å². The number of nitrogens with one attached hydrogen (secondary N) is 1. The van der Waals surface area contributed by atoms with Gasteiger partial charge in [-0.25, -0.2) is 8.42 Å². The van der Waals surface area contributed by atoms with Crippen molar-refractivity contribution in [1.29, 1.82) is 0 Å². The zero-order valence-corrected chi connectivity index (χ0v) is 16.5. The number of carbonyl (C=O) groups excluding carboxylic acids is 1.